The second-order valence-corrected chi connectivity index (χ2v) is 2.46. The van der Waals surface area contributed by atoms with Gasteiger partial charge >= 0.3 is 0 Å². The summed E-state index contributed by atoms with van der Waals surface area (Å²) in [6.45, 7) is 4.51. The summed E-state index contributed by atoms with van der Waals surface area (Å²) in [7, 11) is 0. The van der Waals surface area contributed by atoms with Gasteiger partial charge in [-0.15, -0.1) is 0 Å². The molecule has 0 spiro atoms. The summed E-state index contributed by atoms with van der Waals surface area (Å²) in [5, 5.41) is 9.04. The van der Waals surface area contributed by atoms with Crippen molar-refractivity contribution in [2.24, 2.45) is 5.92 Å². The minimum atomic E-state index is -0.231. The molecular weight excluding hydrogens is 104 g/mol. The fourth-order valence-electron chi connectivity index (χ4n) is 0.867. The van der Waals surface area contributed by atoms with Crippen molar-refractivity contribution in [3.05, 3.63) is 0 Å². The average Bonchev–Trinajstić information content (AvgIpc) is 1.98. The van der Waals surface area contributed by atoms with Crippen molar-refractivity contribution in [3.63, 3.8) is 0 Å². The van der Waals surface area contributed by atoms with E-state index in [1.807, 2.05) is 13.8 Å². The van der Waals surface area contributed by atoms with Crippen LogP contribution in [0, 0.1) is 5.92 Å². The van der Waals surface area contributed by atoms with Crippen LogP contribution >= 0.6 is 0 Å². The lowest BCUT2D eigenvalue weighted by Gasteiger charge is -2.08. The molecule has 2 heteroatoms. The van der Waals surface area contributed by atoms with Gasteiger partial charge in [-0.25, -0.2) is 0 Å². The van der Waals surface area contributed by atoms with E-state index in [1.54, 1.807) is 0 Å². The van der Waals surface area contributed by atoms with Crippen molar-refractivity contribution in [3.8, 4) is 0 Å². The summed E-state index contributed by atoms with van der Waals surface area (Å²) < 4.78 is 5.13. The Hall–Kier alpha value is -0.0800. The maximum absolute atomic E-state index is 9.04. The van der Waals surface area contributed by atoms with E-state index in [0.717, 1.165) is 0 Å². The van der Waals surface area contributed by atoms with Crippen molar-refractivity contribution in [2.75, 3.05) is 6.61 Å². The standard InChI is InChI=1S/C6H12O2/c1-4-5(2)8-3-6(4)7/h4-7H,3H2,1-2H3/t4-,5+,6+/m1/s1. The van der Waals surface area contributed by atoms with Crippen LogP contribution in [0.3, 0.4) is 0 Å². The van der Waals surface area contributed by atoms with Gasteiger partial charge in [0.25, 0.3) is 0 Å². The smallest absolute Gasteiger partial charge is 0.0823 e. The first kappa shape index (κ1) is 6.05. The van der Waals surface area contributed by atoms with Gasteiger partial charge in [0.2, 0.25) is 0 Å². The van der Waals surface area contributed by atoms with Crippen molar-refractivity contribution >= 4 is 0 Å². The number of rotatable bonds is 0. The van der Waals surface area contributed by atoms with Crippen molar-refractivity contribution < 1.29 is 9.84 Å². The molecule has 48 valence electrons. The molecule has 0 unspecified atom stereocenters. The summed E-state index contributed by atoms with van der Waals surface area (Å²) in [6, 6.07) is 0. The molecule has 0 aromatic heterocycles. The highest BCUT2D eigenvalue weighted by Gasteiger charge is 2.28. The van der Waals surface area contributed by atoms with Crippen molar-refractivity contribution in [2.45, 2.75) is 26.1 Å². The van der Waals surface area contributed by atoms with E-state index < -0.39 is 0 Å². The molecule has 0 aromatic carbocycles. The first-order valence-electron chi connectivity index (χ1n) is 3.01. The van der Waals surface area contributed by atoms with Crippen LogP contribution in [0.2, 0.25) is 0 Å². The van der Waals surface area contributed by atoms with Gasteiger partial charge in [0, 0.05) is 5.92 Å². The Morgan fingerprint density at radius 1 is 1.50 bits per heavy atom. The van der Waals surface area contributed by atoms with Gasteiger partial charge in [-0.05, 0) is 6.92 Å². The Balaban J connectivity index is 2.44. The second-order valence-electron chi connectivity index (χ2n) is 2.46. The molecule has 1 fully saturated rings. The second kappa shape index (κ2) is 2.03. The zero-order valence-corrected chi connectivity index (χ0v) is 5.29. The number of aliphatic hydroxyl groups excluding tert-OH is 1. The molecule has 1 saturated heterocycles. The molecule has 0 aromatic rings. The van der Waals surface area contributed by atoms with Crippen LogP contribution in [0.4, 0.5) is 0 Å². The minimum Gasteiger partial charge on any atom is -0.390 e. The van der Waals surface area contributed by atoms with Crippen LogP contribution in [-0.2, 0) is 4.74 Å². The van der Waals surface area contributed by atoms with E-state index in [4.69, 9.17) is 9.84 Å². The van der Waals surface area contributed by atoms with Crippen LogP contribution in [0.5, 0.6) is 0 Å². The molecule has 1 rings (SSSR count). The molecule has 0 radical (unpaired) electrons. The Bertz CT molecular complexity index is 72.6. The Morgan fingerprint density at radius 3 is 2.25 bits per heavy atom. The monoisotopic (exact) mass is 116 g/mol. The summed E-state index contributed by atoms with van der Waals surface area (Å²) in [4.78, 5) is 0. The van der Waals surface area contributed by atoms with E-state index in [0.29, 0.717) is 12.5 Å². The number of hydrogen-bond donors (Lipinski definition) is 1. The van der Waals surface area contributed by atoms with Gasteiger partial charge in [0.15, 0.2) is 0 Å². The normalized spacial score (nSPS) is 47.6. The highest BCUT2D eigenvalue weighted by atomic mass is 16.5. The lowest BCUT2D eigenvalue weighted by molar-refractivity contribution is 0.0966. The third-order valence-electron chi connectivity index (χ3n) is 1.88. The molecule has 1 N–H and O–H groups in total. The number of ether oxygens (including phenoxy) is 1. The molecule has 8 heavy (non-hydrogen) atoms. The van der Waals surface area contributed by atoms with Crippen molar-refractivity contribution in [1.82, 2.24) is 0 Å². The van der Waals surface area contributed by atoms with E-state index in [9.17, 15) is 0 Å². The summed E-state index contributed by atoms with van der Waals surface area (Å²) >= 11 is 0. The maximum atomic E-state index is 9.04. The van der Waals surface area contributed by atoms with Gasteiger partial charge in [-0.1, -0.05) is 6.92 Å². The third kappa shape index (κ3) is 0.858. The molecule has 1 aliphatic heterocycles. The van der Waals surface area contributed by atoms with Crippen LogP contribution in [0.25, 0.3) is 0 Å². The maximum Gasteiger partial charge on any atom is 0.0823 e. The summed E-state index contributed by atoms with van der Waals surface area (Å²) in [5.41, 5.74) is 0. The Labute approximate surface area is 49.5 Å². The summed E-state index contributed by atoms with van der Waals surface area (Å²) in [5.74, 6) is 0.315. The van der Waals surface area contributed by atoms with Crippen molar-refractivity contribution in [1.29, 1.82) is 0 Å². The average molecular weight is 116 g/mol. The van der Waals surface area contributed by atoms with Gasteiger partial charge < -0.3 is 9.84 Å². The Kier molecular flexibility index (Phi) is 1.54. The molecule has 1 aliphatic rings. The highest BCUT2D eigenvalue weighted by Crippen LogP contribution is 2.19. The first-order valence-corrected chi connectivity index (χ1v) is 3.01. The largest absolute Gasteiger partial charge is 0.390 e. The van der Waals surface area contributed by atoms with Gasteiger partial charge in [-0.2, -0.15) is 0 Å². The third-order valence-corrected chi connectivity index (χ3v) is 1.88. The molecule has 0 bridgehead atoms. The predicted molar refractivity (Wildman–Crippen MR) is 30.6 cm³/mol. The number of hydrogen-bond acceptors (Lipinski definition) is 2. The summed E-state index contributed by atoms with van der Waals surface area (Å²) in [6.07, 6.45) is 0.00926. The van der Waals surface area contributed by atoms with Crippen LogP contribution in [0.15, 0.2) is 0 Å². The zero-order valence-electron chi connectivity index (χ0n) is 5.29. The molecule has 0 aliphatic carbocycles. The van der Waals surface area contributed by atoms with Gasteiger partial charge in [0.05, 0.1) is 18.8 Å². The van der Waals surface area contributed by atoms with Gasteiger partial charge in [-0.3, -0.25) is 0 Å². The molecular formula is C6H12O2. The van der Waals surface area contributed by atoms with E-state index >= 15 is 0 Å². The SMILES string of the molecule is C[C@@H]1[C@H](C)OC[C@@H]1O. The lowest BCUT2D eigenvalue weighted by atomic mass is 10.0. The lowest BCUT2D eigenvalue weighted by Crippen LogP contribution is -2.17. The fourth-order valence-corrected chi connectivity index (χ4v) is 0.867. The topological polar surface area (TPSA) is 29.5 Å². The number of aliphatic hydroxyl groups is 1. The predicted octanol–water partition coefficient (Wildman–Crippen LogP) is 0.402. The molecule has 3 atom stereocenters. The van der Waals surface area contributed by atoms with Gasteiger partial charge in [0.1, 0.15) is 0 Å². The van der Waals surface area contributed by atoms with Crippen LogP contribution in [0.1, 0.15) is 13.8 Å². The molecule has 1 heterocycles. The highest BCUT2D eigenvalue weighted by molar-refractivity contribution is 4.76. The molecule has 2 nitrogen and oxygen atoms in total. The molecule has 0 amide bonds. The first-order chi connectivity index (χ1) is 3.72. The quantitative estimate of drug-likeness (QED) is 0.496. The Morgan fingerprint density at radius 2 is 2.12 bits per heavy atom. The fraction of sp³-hybridized carbons (Fsp3) is 1.00. The van der Waals surface area contributed by atoms with E-state index in [1.165, 1.54) is 0 Å². The van der Waals surface area contributed by atoms with E-state index in [2.05, 4.69) is 0 Å². The zero-order chi connectivity index (χ0) is 6.15. The van der Waals surface area contributed by atoms with E-state index in [-0.39, 0.29) is 12.2 Å². The minimum absolute atomic E-state index is 0.231. The van der Waals surface area contributed by atoms with Crippen LogP contribution < -0.4 is 0 Å². The molecule has 0 saturated carbocycles. The van der Waals surface area contributed by atoms with Crippen LogP contribution in [-0.4, -0.2) is 23.9 Å².